The van der Waals surface area contributed by atoms with Crippen molar-refractivity contribution in [3.63, 3.8) is 0 Å². The molecule has 0 aliphatic carbocycles. The van der Waals surface area contributed by atoms with E-state index in [4.69, 9.17) is 23.4 Å². The molecule has 2 unspecified atom stereocenters. The summed E-state index contributed by atoms with van der Waals surface area (Å²) in [6, 6.07) is 11.7. The number of oxazole rings is 1. The van der Waals surface area contributed by atoms with Gasteiger partial charge in [-0.25, -0.2) is 9.78 Å². The lowest BCUT2D eigenvalue weighted by molar-refractivity contribution is -0.0694. The van der Waals surface area contributed by atoms with Gasteiger partial charge in [-0.15, -0.1) is 11.3 Å². The zero-order valence-corrected chi connectivity index (χ0v) is 25.8. The highest BCUT2D eigenvalue weighted by molar-refractivity contribution is 7.20. The fourth-order valence-corrected chi connectivity index (χ4v) is 7.02. The summed E-state index contributed by atoms with van der Waals surface area (Å²) in [6.07, 6.45) is 2.23. The Bertz CT molecular complexity index is 1680. The van der Waals surface area contributed by atoms with Gasteiger partial charge in [-0.3, -0.25) is 9.69 Å². The van der Waals surface area contributed by atoms with Crippen molar-refractivity contribution in [3.8, 4) is 22.3 Å². The lowest BCUT2D eigenvalue weighted by Gasteiger charge is -2.43. The minimum atomic E-state index is -1.51. The van der Waals surface area contributed by atoms with Crippen molar-refractivity contribution in [2.75, 3.05) is 43.8 Å². The molecule has 236 valence electrons. The van der Waals surface area contributed by atoms with Crippen LogP contribution in [0, 0.1) is 6.92 Å². The van der Waals surface area contributed by atoms with Crippen LogP contribution in [0.2, 0.25) is 0 Å². The van der Waals surface area contributed by atoms with E-state index in [1.54, 1.807) is 12.0 Å². The summed E-state index contributed by atoms with van der Waals surface area (Å²) in [5, 5.41) is 22.2. The molecule has 0 saturated carbocycles. The van der Waals surface area contributed by atoms with Crippen molar-refractivity contribution in [1.82, 2.24) is 4.98 Å². The van der Waals surface area contributed by atoms with E-state index in [1.165, 1.54) is 54.0 Å². The molecule has 1 saturated heterocycles. The van der Waals surface area contributed by atoms with Crippen molar-refractivity contribution >= 4 is 33.9 Å². The Balaban J connectivity index is 1.49. The van der Waals surface area contributed by atoms with Crippen molar-refractivity contribution in [1.29, 1.82) is 0 Å². The summed E-state index contributed by atoms with van der Waals surface area (Å²) in [7, 11) is 2.97. The molecule has 13 heteroatoms. The lowest BCUT2D eigenvalue weighted by Crippen LogP contribution is -2.56. The number of carboxylic acids is 1. The first kappa shape index (κ1) is 30.6. The molecule has 2 aromatic heterocycles. The van der Waals surface area contributed by atoms with Crippen molar-refractivity contribution in [2.45, 2.75) is 38.3 Å². The quantitative estimate of drug-likeness (QED) is 0.240. The molecule has 2 aliphatic heterocycles. The summed E-state index contributed by atoms with van der Waals surface area (Å²) in [6.45, 7) is 3.10. The largest absolute Gasteiger partial charge is 0.496 e. The highest BCUT2D eigenvalue weighted by Gasteiger charge is 2.44. The molecule has 0 bridgehead atoms. The number of aliphatic hydroxyl groups is 1. The number of benzene rings is 2. The second-order valence-electron chi connectivity index (χ2n) is 10.6. The van der Waals surface area contributed by atoms with E-state index in [2.05, 4.69) is 4.98 Å². The smallest absolute Gasteiger partial charge is 0.335 e. The molecule has 1 amide bonds. The molecule has 2 aliphatic rings. The van der Waals surface area contributed by atoms with Gasteiger partial charge in [0.05, 0.1) is 54.8 Å². The maximum atomic E-state index is 14.3. The van der Waals surface area contributed by atoms with Crippen LogP contribution in [-0.4, -0.2) is 73.5 Å². The van der Waals surface area contributed by atoms with Crippen LogP contribution >= 0.6 is 11.3 Å². The zero-order valence-electron chi connectivity index (χ0n) is 25.0. The number of carbonyl (C=O) groups excluding carboxylic acids is 1. The van der Waals surface area contributed by atoms with Crippen LogP contribution in [-0.2, 0) is 9.47 Å². The predicted octanol–water partition coefficient (Wildman–Crippen LogP) is 5.11. The number of hydrogen-bond acceptors (Lipinski definition) is 11. The Kier molecular flexibility index (Phi) is 8.76. The van der Waals surface area contributed by atoms with Crippen LogP contribution in [0.4, 0.5) is 10.7 Å². The van der Waals surface area contributed by atoms with Gasteiger partial charge in [-0.1, -0.05) is 18.2 Å². The number of aliphatic hydroxyl groups excluding tert-OH is 1. The van der Waals surface area contributed by atoms with E-state index in [0.717, 1.165) is 5.56 Å². The van der Waals surface area contributed by atoms with Gasteiger partial charge in [0.15, 0.2) is 0 Å². The molecule has 4 aromatic rings. The van der Waals surface area contributed by atoms with E-state index in [0.29, 0.717) is 58.7 Å². The third-order valence-electron chi connectivity index (χ3n) is 8.02. The van der Waals surface area contributed by atoms with Crippen LogP contribution in [0.5, 0.6) is 11.5 Å². The van der Waals surface area contributed by atoms with E-state index < -0.39 is 24.3 Å². The maximum absolute atomic E-state index is 14.3. The highest BCUT2D eigenvalue weighted by Crippen LogP contribution is 2.48. The molecule has 6 rings (SSSR count). The molecule has 4 heterocycles. The van der Waals surface area contributed by atoms with Crippen LogP contribution in [0.3, 0.4) is 0 Å². The third-order valence-corrected chi connectivity index (χ3v) is 9.33. The van der Waals surface area contributed by atoms with E-state index in [1.807, 2.05) is 31.2 Å². The number of fused-ring (bicyclic) bond motifs is 1. The number of ether oxygens (including phenoxy) is 4. The number of para-hydroxylation sites is 1. The van der Waals surface area contributed by atoms with E-state index in [-0.39, 0.29) is 29.6 Å². The number of aromatic nitrogens is 1. The molecule has 45 heavy (non-hydrogen) atoms. The average molecular weight is 636 g/mol. The maximum Gasteiger partial charge on any atom is 0.335 e. The molecule has 0 radical (unpaired) electrons. The monoisotopic (exact) mass is 635 g/mol. The van der Waals surface area contributed by atoms with E-state index >= 15 is 0 Å². The second-order valence-corrected chi connectivity index (χ2v) is 11.6. The molecular formula is C32H33N3O9S. The number of amides is 1. The van der Waals surface area contributed by atoms with Crippen molar-refractivity contribution < 1.29 is 43.2 Å². The van der Waals surface area contributed by atoms with Gasteiger partial charge in [0.25, 0.3) is 5.91 Å². The summed E-state index contributed by atoms with van der Waals surface area (Å²) in [5.41, 5.74) is 1.95. The number of hydrogen-bond donors (Lipinski definition) is 2. The number of carbonyl (C=O) groups is 2. The third kappa shape index (κ3) is 5.75. The van der Waals surface area contributed by atoms with Crippen molar-refractivity contribution in [2.24, 2.45) is 0 Å². The molecular weight excluding hydrogens is 602 g/mol. The average Bonchev–Trinajstić information content (AvgIpc) is 3.71. The Labute approximate surface area is 263 Å². The summed E-state index contributed by atoms with van der Waals surface area (Å²) in [4.78, 5) is 33.9. The number of nitrogens with zero attached hydrogens (tertiary/aromatic N) is 3. The molecule has 2 N–H and O–H groups in total. The SMILES string of the molecule is COc1ccccc1C(CN1c2sc(-c3ncco3)c(C)c2C(=O)N(c2ccc(C(=O)O)cc2OC)C1O)OC1CCOCC1. The molecule has 1 fully saturated rings. The number of anilines is 2. The van der Waals surface area contributed by atoms with Crippen LogP contribution in [0.1, 0.15) is 50.8 Å². The van der Waals surface area contributed by atoms with Crippen LogP contribution in [0.25, 0.3) is 10.8 Å². The second kappa shape index (κ2) is 12.9. The Morgan fingerprint density at radius 2 is 1.89 bits per heavy atom. The van der Waals surface area contributed by atoms with Gasteiger partial charge in [0.1, 0.15) is 28.9 Å². The van der Waals surface area contributed by atoms with E-state index in [9.17, 15) is 19.8 Å². The first-order valence-corrected chi connectivity index (χ1v) is 15.2. The number of thiophene rings is 1. The molecule has 2 aromatic carbocycles. The van der Waals surface area contributed by atoms with Gasteiger partial charge in [0, 0.05) is 18.8 Å². The molecule has 0 spiro atoms. The number of methoxy groups -OCH3 is 2. The number of carboxylic acid groups (broad SMARTS) is 1. The van der Waals surface area contributed by atoms with Gasteiger partial charge in [-0.2, -0.15) is 0 Å². The Morgan fingerprint density at radius 1 is 1.13 bits per heavy atom. The molecule has 12 nitrogen and oxygen atoms in total. The van der Waals surface area contributed by atoms with Gasteiger partial charge < -0.3 is 38.5 Å². The topological polar surface area (TPSA) is 144 Å². The Hall–Kier alpha value is -4.43. The standard InChI is InChI=1S/C32H33N3O9S/c1-18-26-29(36)35(22-9-8-19(31(37)38)16-24(22)41-3)32(39)34(30(26)45-27(18)28-33-12-15-43-28)17-25(44-20-10-13-42-14-11-20)21-6-4-5-7-23(21)40-2/h4-9,12,15-16,20,25,32,39H,10-11,13-14,17H2,1-3H3,(H,37,38). The van der Waals surface area contributed by atoms with Gasteiger partial charge in [0.2, 0.25) is 12.2 Å². The van der Waals surface area contributed by atoms with Gasteiger partial charge >= 0.3 is 5.97 Å². The zero-order chi connectivity index (χ0) is 31.7. The summed E-state index contributed by atoms with van der Waals surface area (Å²) in [5.74, 6) is -0.539. The highest BCUT2D eigenvalue weighted by atomic mass is 32.1. The minimum absolute atomic E-state index is 0.0221. The fourth-order valence-electron chi connectivity index (χ4n) is 5.75. The van der Waals surface area contributed by atoms with Crippen molar-refractivity contribution in [3.05, 3.63) is 77.2 Å². The Morgan fingerprint density at radius 3 is 2.58 bits per heavy atom. The first-order valence-electron chi connectivity index (χ1n) is 14.4. The first-order chi connectivity index (χ1) is 21.8. The van der Waals surface area contributed by atoms with Gasteiger partial charge in [-0.05, 0) is 49.6 Å². The lowest BCUT2D eigenvalue weighted by atomic mass is 10.0. The van der Waals surface area contributed by atoms with Crippen LogP contribution in [0.15, 0.2) is 59.3 Å². The summed E-state index contributed by atoms with van der Waals surface area (Å²) < 4.78 is 29.1. The normalized spacial score (nSPS) is 17.7. The van der Waals surface area contributed by atoms with Crippen LogP contribution < -0.4 is 19.3 Å². The fraction of sp³-hybridized carbons (Fsp3) is 0.344. The predicted molar refractivity (Wildman–Crippen MR) is 165 cm³/mol. The number of aromatic carboxylic acids is 1. The molecule has 2 atom stereocenters. The minimum Gasteiger partial charge on any atom is -0.496 e. The summed E-state index contributed by atoms with van der Waals surface area (Å²) >= 11 is 1.29. The number of rotatable bonds is 10.